The average Bonchev–Trinajstić information content (AvgIpc) is 2.52. The largest absolute Gasteiger partial charge is 0.328 e. The summed E-state index contributed by atoms with van der Waals surface area (Å²) in [5.74, 6) is -0.744. The van der Waals surface area contributed by atoms with Gasteiger partial charge in [-0.15, -0.1) is 6.58 Å². The molecule has 9 heteroatoms. The minimum absolute atomic E-state index is 0.0644. The zero-order valence-corrected chi connectivity index (χ0v) is 14.3. The highest BCUT2D eigenvalue weighted by molar-refractivity contribution is 7.91. The molecule has 25 heavy (non-hydrogen) atoms. The molecule has 0 saturated carbocycles. The van der Waals surface area contributed by atoms with Crippen molar-refractivity contribution in [3.8, 4) is 0 Å². The first-order chi connectivity index (χ1) is 11.7. The number of H-pyrrole nitrogens is 1. The van der Waals surface area contributed by atoms with E-state index >= 15 is 0 Å². The Bertz CT molecular complexity index is 1030. The Labute approximate surface area is 143 Å². The van der Waals surface area contributed by atoms with E-state index in [9.17, 15) is 22.8 Å². The van der Waals surface area contributed by atoms with Gasteiger partial charge in [0, 0.05) is 18.0 Å². The van der Waals surface area contributed by atoms with E-state index in [2.05, 4.69) is 11.9 Å². The van der Waals surface area contributed by atoms with E-state index in [4.69, 9.17) is 0 Å². The molecule has 2 rings (SSSR count). The van der Waals surface area contributed by atoms with Crippen molar-refractivity contribution >= 4 is 21.4 Å². The number of aryl methyl sites for hydroxylation is 1. The summed E-state index contributed by atoms with van der Waals surface area (Å²) in [7, 11) is -3.52. The maximum atomic E-state index is 12.1. The van der Waals surface area contributed by atoms with Crippen molar-refractivity contribution in [3.63, 3.8) is 0 Å². The second kappa shape index (κ2) is 7.31. The van der Waals surface area contributed by atoms with Crippen LogP contribution in [0.4, 0.5) is 5.69 Å². The fraction of sp³-hybridized carbons (Fsp3) is 0.188. The van der Waals surface area contributed by atoms with Crippen molar-refractivity contribution in [2.75, 3.05) is 11.1 Å². The van der Waals surface area contributed by atoms with Crippen LogP contribution in [-0.4, -0.2) is 29.6 Å². The lowest BCUT2D eigenvalue weighted by Gasteiger charge is -2.11. The quantitative estimate of drug-likeness (QED) is 0.722. The zero-order chi connectivity index (χ0) is 18.6. The predicted molar refractivity (Wildman–Crippen MR) is 93.4 cm³/mol. The molecule has 0 radical (unpaired) electrons. The molecular formula is C16H17N3O5S. The van der Waals surface area contributed by atoms with E-state index in [0.29, 0.717) is 11.3 Å². The van der Waals surface area contributed by atoms with E-state index in [1.807, 2.05) is 4.98 Å². The van der Waals surface area contributed by atoms with Crippen molar-refractivity contribution in [1.82, 2.24) is 9.55 Å². The smallest absolute Gasteiger partial charge is 0.324 e. The highest BCUT2D eigenvalue weighted by Gasteiger charge is 2.15. The molecule has 0 atom stereocenters. The third kappa shape index (κ3) is 4.54. The lowest BCUT2D eigenvalue weighted by atomic mass is 10.2. The second-order valence-corrected chi connectivity index (χ2v) is 7.37. The van der Waals surface area contributed by atoms with Crippen LogP contribution in [0.2, 0.25) is 0 Å². The number of aromatic amines is 1. The highest BCUT2D eigenvalue weighted by atomic mass is 32.2. The molecule has 0 saturated heterocycles. The number of nitrogens with one attached hydrogen (secondary N) is 2. The first-order valence-electron chi connectivity index (χ1n) is 7.27. The van der Waals surface area contributed by atoms with Gasteiger partial charge in [0.15, 0.2) is 9.84 Å². The Kier molecular flexibility index (Phi) is 5.38. The lowest BCUT2D eigenvalue weighted by Crippen LogP contribution is -2.32. The molecule has 8 nitrogen and oxygen atoms in total. The summed E-state index contributed by atoms with van der Waals surface area (Å²) < 4.78 is 25.2. The third-order valence-corrected chi connectivity index (χ3v) is 5.04. The SMILES string of the molecule is C=CCS(=O)(=O)c1ccc(C)c(NC(=O)Cn2ccc(=O)[nH]c2=O)c1. The Morgan fingerprint density at radius 2 is 2.04 bits per heavy atom. The molecule has 0 unspecified atom stereocenters. The predicted octanol–water partition coefficient (Wildman–Crippen LogP) is 0.443. The van der Waals surface area contributed by atoms with Gasteiger partial charge >= 0.3 is 5.69 Å². The molecule has 0 bridgehead atoms. The number of carbonyl (C=O) groups excluding carboxylic acids is 1. The van der Waals surface area contributed by atoms with Crippen molar-refractivity contribution in [1.29, 1.82) is 0 Å². The number of amides is 1. The third-order valence-electron chi connectivity index (χ3n) is 3.39. The van der Waals surface area contributed by atoms with Gasteiger partial charge in [-0.3, -0.25) is 19.1 Å². The van der Waals surface area contributed by atoms with E-state index in [-0.39, 0.29) is 17.2 Å². The van der Waals surface area contributed by atoms with Crippen molar-refractivity contribution < 1.29 is 13.2 Å². The summed E-state index contributed by atoms with van der Waals surface area (Å²) in [6.45, 7) is 4.81. The van der Waals surface area contributed by atoms with Gasteiger partial charge in [0.05, 0.1) is 10.6 Å². The van der Waals surface area contributed by atoms with Crippen molar-refractivity contribution in [2.45, 2.75) is 18.4 Å². The summed E-state index contributed by atoms with van der Waals surface area (Å²) in [4.78, 5) is 36.8. The number of aromatic nitrogens is 2. The van der Waals surface area contributed by atoms with Gasteiger partial charge in [-0.05, 0) is 24.6 Å². The Morgan fingerprint density at radius 3 is 2.68 bits per heavy atom. The normalized spacial score (nSPS) is 11.1. The van der Waals surface area contributed by atoms with Gasteiger partial charge in [-0.2, -0.15) is 0 Å². The number of rotatable bonds is 6. The van der Waals surface area contributed by atoms with Crippen LogP contribution < -0.4 is 16.6 Å². The summed E-state index contributed by atoms with van der Waals surface area (Å²) in [5, 5.41) is 2.57. The van der Waals surface area contributed by atoms with Gasteiger partial charge in [-0.1, -0.05) is 12.1 Å². The molecule has 0 aliphatic carbocycles. The Balaban J connectivity index is 2.24. The second-order valence-electron chi connectivity index (χ2n) is 5.33. The van der Waals surface area contributed by atoms with Gasteiger partial charge in [0.1, 0.15) is 6.54 Å². The fourth-order valence-corrected chi connectivity index (χ4v) is 3.17. The minimum Gasteiger partial charge on any atom is -0.324 e. The number of hydrogen-bond acceptors (Lipinski definition) is 5. The zero-order valence-electron chi connectivity index (χ0n) is 13.5. The number of hydrogen-bond donors (Lipinski definition) is 2. The number of anilines is 1. The summed E-state index contributed by atoms with van der Waals surface area (Å²) in [6.07, 6.45) is 2.49. The van der Waals surface area contributed by atoms with Crippen LogP contribution in [-0.2, 0) is 21.2 Å². The molecule has 1 aromatic carbocycles. The van der Waals surface area contributed by atoms with Gasteiger partial charge in [0.2, 0.25) is 5.91 Å². The number of carbonyl (C=O) groups is 1. The Morgan fingerprint density at radius 1 is 1.32 bits per heavy atom. The highest BCUT2D eigenvalue weighted by Crippen LogP contribution is 2.21. The number of benzene rings is 1. The molecule has 132 valence electrons. The maximum Gasteiger partial charge on any atom is 0.328 e. The summed E-state index contributed by atoms with van der Waals surface area (Å²) in [6, 6.07) is 5.53. The van der Waals surface area contributed by atoms with Crippen LogP contribution in [0, 0.1) is 6.92 Å². The molecule has 0 aliphatic heterocycles. The molecule has 2 aromatic rings. The van der Waals surface area contributed by atoms with E-state index in [0.717, 1.165) is 10.6 Å². The molecule has 0 aliphatic rings. The number of sulfone groups is 1. The molecular weight excluding hydrogens is 346 g/mol. The molecule has 0 spiro atoms. The van der Waals surface area contributed by atoms with Crippen LogP contribution >= 0.6 is 0 Å². The van der Waals surface area contributed by atoms with Crippen LogP contribution in [0.25, 0.3) is 0 Å². The van der Waals surface area contributed by atoms with Crippen LogP contribution in [0.15, 0.2) is 57.6 Å². The van der Waals surface area contributed by atoms with Gasteiger partial charge in [-0.25, -0.2) is 13.2 Å². The molecule has 0 fully saturated rings. The topological polar surface area (TPSA) is 118 Å². The molecule has 1 amide bonds. The van der Waals surface area contributed by atoms with Gasteiger partial charge < -0.3 is 5.32 Å². The molecule has 1 heterocycles. The van der Waals surface area contributed by atoms with E-state index in [1.165, 1.54) is 24.4 Å². The first kappa shape index (κ1) is 18.4. The molecule has 2 N–H and O–H groups in total. The van der Waals surface area contributed by atoms with Crippen LogP contribution in [0.5, 0.6) is 0 Å². The van der Waals surface area contributed by atoms with E-state index in [1.54, 1.807) is 13.0 Å². The van der Waals surface area contributed by atoms with Crippen molar-refractivity contribution in [2.24, 2.45) is 0 Å². The average molecular weight is 363 g/mol. The lowest BCUT2D eigenvalue weighted by molar-refractivity contribution is -0.116. The van der Waals surface area contributed by atoms with Crippen LogP contribution in [0.3, 0.4) is 0 Å². The summed E-state index contributed by atoms with van der Waals surface area (Å²) >= 11 is 0. The first-order valence-corrected chi connectivity index (χ1v) is 8.92. The molecule has 1 aromatic heterocycles. The maximum absolute atomic E-state index is 12.1. The minimum atomic E-state index is -3.52. The van der Waals surface area contributed by atoms with Gasteiger partial charge in [0.25, 0.3) is 5.56 Å². The van der Waals surface area contributed by atoms with Crippen molar-refractivity contribution in [3.05, 3.63) is 69.5 Å². The fourth-order valence-electron chi connectivity index (χ4n) is 2.09. The monoisotopic (exact) mass is 363 g/mol. The van der Waals surface area contributed by atoms with E-state index < -0.39 is 27.0 Å². The number of nitrogens with zero attached hydrogens (tertiary/aromatic N) is 1. The van der Waals surface area contributed by atoms with Crippen LogP contribution in [0.1, 0.15) is 5.56 Å². The Hall–Kier alpha value is -2.94. The standard InChI is InChI=1S/C16H17N3O5S/c1-3-8-25(23,24)12-5-4-11(2)13(9-12)17-15(21)10-19-7-6-14(20)18-16(19)22/h3-7,9H,1,8,10H2,2H3,(H,17,21)(H,18,20,22). The summed E-state index contributed by atoms with van der Waals surface area (Å²) in [5.41, 5.74) is -0.272.